The van der Waals surface area contributed by atoms with Crippen molar-refractivity contribution < 1.29 is 0 Å². The van der Waals surface area contributed by atoms with Crippen LogP contribution in [0.25, 0.3) is 0 Å². The monoisotopic (exact) mass is 340 g/mol. The normalized spacial score (nSPS) is 10.6. The third kappa shape index (κ3) is 6.57. The van der Waals surface area contributed by atoms with Crippen LogP contribution in [-0.4, -0.2) is 13.1 Å². The van der Waals surface area contributed by atoms with E-state index in [2.05, 4.69) is 36.6 Å². The zero-order chi connectivity index (χ0) is 18.1. The van der Waals surface area contributed by atoms with E-state index >= 15 is 0 Å². The molecular formula is C21H32N4. The molecule has 0 fully saturated rings. The second-order valence-electron chi connectivity index (χ2n) is 6.77. The Kier molecular flexibility index (Phi) is 7.45. The van der Waals surface area contributed by atoms with Crippen molar-refractivity contribution in [3.8, 4) is 0 Å². The van der Waals surface area contributed by atoms with E-state index < -0.39 is 0 Å². The predicted molar refractivity (Wildman–Crippen MR) is 111 cm³/mol. The first-order valence-electron chi connectivity index (χ1n) is 9.26. The lowest BCUT2D eigenvalue weighted by atomic mass is 10.1. The van der Waals surface area contributed by atoms with Gasteiger partial charge in [-0.15, -0.1) is 0 Å². The number of aryl methyl sites for hydroxylation is 2. The fraction of sp³-hybridized carbons (Fsp3) is 0.429. The van der Waals surface area contributed by atoms with Crippen LogP contribution in [0.5, 0.6) is 0 Å². The molecule has 0 bridgehead atoms. The highest BCUT2D eigenvalue weighted by atomic mass is 14.9. The van der Waals surface area contributed by atoms with Crippen LogP contribution in [-0.2, 0) is 0 Å². The molecule has 25 heavy (non-hydrogen) atoms. The Bertz CT molecular complexity index is 609. The molecule has 0 aliphatic carbocycles. The summed E-state index contributed by atoms with van der Waals surface area (Å²) in [6.07, 6.45) is 6.22. The summed E-state index contributed by atoms with van der Waals surface area (Å²) in [6, 6.07) is 12.1. The molecule has 0 unspecified atom stereocenters. The van der Waals surface area contributed by atoms with Gasteiger partial charge in [0.2, 0.25) is 0 Å². The molecule has 0 saturated carbocycles. The zero-order valence-electron chi connectivity index (χ0n) is 15.6. The van der Waals surface area contributed by atoms with Crippen LogP contribution in [0.4, 0.5) is 22.7 Å². The molecule has 2 aromatic rings. The van der Waals surface area contributed by atoms with Crippen molar-refractivity contribution in [2.75, 3.05) is 35.2 Å². The van der Waals surface area contributed by atoms with E-state index in [0.717, 1.165) is 24.5 Å². The summed E-state index contributed by atoms with van der Waals surface area (Å²) in [4.78, 5) is 0. The molecule has 0 heterocycles. The van der Waals surface area contributed by atoms with Gasteiger partial charge in [0.15, 0.2) is 0 Å². The lowest BCUT2D eigenvalue weighted by Crippen LogP contribution is -2.04. The number of hydrogen-bond donors (Lipinski definition) is 4. The van der Waals surface area contributed by atoms with Gasteiger partial charge in [0.05, 0.1) is 0 Å². The van der Waals surface area contributed by atoms with Gasteiger partial charge in [-0.05, 0) is 74.2 Å². The lowest BCUT2D eigenvalue weighted by Gasteiger charge is -2.11. The van der Waals surface area contributed by atoms with E-state index in [1.165, 1.54) is 54.6 Å². The molecule has 0 aromatic heterocycles. The van der Waals surface area contributed by atoms with E-state index in [0.29, 0.717) is 0 Å². The quantitative estimate of drug-likeness (QED) is 0.365. The van der Waals surface area contributed by atoms with Crippen LogP contribution in [0.1, 0.15) is 43.2 Å². The van der Waals surface area contributed by atoms with E-state index in [9.17, 15) is 0 Å². The number of anilines is 4. The van der Waals surface area contributed by atoms with Gasteiger partial charge in [-0.2, -0.15) is 0 Å². The second kappa shape index (κ2) is 9.82. The minimum Gasteiger partial charge on any atom is -0.399 e. The molecule has 0 spiro atoms. The van der Waals surface area contributed by atoms with Gasteiger partial charge in [0, 0.05) is 35.8 Å². The Balaban J connectivity index is 1.51. The maximum atomic E-state index is 5.78. The smallest absolute Gasteiger partial charge is 0.0371 e. The van der Waals surface area contributed by atoms with Crippen LogP contribution < -0.4 is 22.1 Å². The average Bonchev–Trinajstić information content (AvgIpc) is 2.56. The molecule has 2 rings (SSSR count). The van der Waals surface area contributed by atoms with Crippen molar-refractivity contribution in [2.45, 2.75) is 46.0 Å². The molecule has 0 saturated heterocycles. The van der Waals surface area contributed by atoms with Crippen molar-refractivity contribution in [2.24, 2.45) is 0 Å². The molecule has 136 valence electrons. The first kappa shape index (κ1) is 19.0. The molecular weight excluding hydrogens is 308 g/mol. The number of hydrogen-bond acceptors (Lipinski definition) is 4. The van der Waals surface area contributed by atoms with E-state index in [1.54, 1.807) is 0 Å². The van der Waals surface area contributed by atoms with Crippen molar-refractivity contribution in [3.63, 3.8) is 0 Å². The van der Waals surface area contributed by atoms with Crippen LogP contribution in [0.3, 0.4) is 0 Å². The van der Waals surface area contributed by atoms with Crippen molar-refractivity contribution in [1.82, 2.24) is 0 Å². The average molecular weight is 341 g/mol. The summed E-state index contributed by atoms with van der Waals surface area (Å²) in [5.41, 5.74) is 18.0. The molecule has 4 heteroatoms. The summed E-state index contributed by atoms with van der Waals surface area (Å²) in [5, 5.41) is 6.99. The molecule has 2 aromatic carbocycles. The van der Waals surface area contributed by atoms with Gasteiger partial charge < -0.3 is 22.1 Å². The number of rotatable bonds is 10. The highest BCUT2D eigenvalue weighted by Gasteiger charge is 1.99. The Morgan fingerprint density at radius 1 is 0.640 bits per heavy atom. The number of benzene rings is 2. The van der Waals surface area contributed by atoms with Gasteiger partial charge in [-0.1, -0.05) is 19.3 Å². The number of nitrogen functional groups attached to an aromatic ring is 2. The Morgan fingerprint density at radius 3 is 1.44 bits per heavy atom. The first-order valence-corrected chi connectivity index (χ1v) is 9.26. The molecule has 0 amide bonds. The summed E-state index contributed by atoms with van der Waals surface area (Å²) in [7, 11) is 0. The minimum absolute atomic E-state index is 0.825. The van der Waals surface area contributed by atoms with Gasteiger partial charge >= 0.3 is 0 Å². The summed E-state index contributed by atoms with van der Waals surface area (Å²) in [6.45, 7) is 6.23. The molecule has 0 radical (unpaired) electrons. The summed E-state index contributed by atoms with van der Waals surface area (Å²) in [5.74, 6) is 0. The highest BCUT2D eigenvalue weighted by Crippen LogP contribution is 2.19. The maximum Gasteiger partial charge on any atom is 0.0371 e. The summed E-state index contributed by atoms with van der Waals surface area (Å²) >= 11 is 0. The lowest BCUT2D eigenvalue weighted by molar-refractivity contribution is 0.635. The fourth-order valence-electron chi connectivity index (χ4n) is 3.00. The molecule has 0 aliphatic heterocycles. The zero-order valence-corrected chi connectivity index (χ0v) is 15.6. The molecule has 4 nitrogen and oxygen atoms in total. The highest BCUT2D eigenvalue weighted by molar-refractivity contribution is 5.58. The largest absolute Gasteiger partial charge is 0.399 e. The SMILES string of the molecule is Cc1cc(N)ccc1NCCCCCCCNc1ccc(N)cc1C. The standard InChI is InChI=1S/C21H32N4/c1-16-14-18(22)8-10-20(16)24-12-6-4-3-5-7-13-25-21-11-9-19(23)15-17(21)2/h8-11,14-15,24-25H,3-7,12-13,22-23H2,1-2H3. The number of nitrogens with one attached hydrogen (secondary N) is 2. The van der Waals surface area contributed by atoms with Crippen LogP contribution >= 0.6 is 0 Å². The summed E-state index contributed by atoms with van der Waals surface area (Å²) < 4.78 is 0. The van der Waals surface area contributed by atoms with Crippen LogP contribution in [0.15, 0.2) is 36.4 Å². The number of nitrogens with two attached hydrogens (primary N) is 2. The van der Waals surface area contributed by atoms with E-state index in [-0.39, 0.29) is 0 Å². The number of unbranched alkanes of at least 4 members (excludes halogenated alkanes) is 4. The van der Waals surface area contributed by atoms with Gasteiger partial charge in [0.1, 0.15) is 0 Å². The third-order valence-corrected chi connectivity index (χ3v) is 4.49. The second-order valence-corrected chi connectivity index (χ2v) is 6.77. The maximum absolute atomic E-state index is 5.78. The molecule has 0 atom stereocenters. The van der Waals surface area contributed by atoms with Crippen molar-refractivity contribution >= 4 is 22.7 Å². The van der Waals surface area contributed by atoms with Crippen molar-refractivity contribution in [1.29, 1.82) is 0 Å². The molecule has 6 N–H and O–H groups in total. The van der Waals surface area contributed by atoms with Gasteiger partial charge in [-0.25, -0.2) is 0 Å². The Labute approximate surface area is 152 Å². The predicted octanol–water partition coefficient (Wildman–Crippen LogP) is 4.94. The molecule has 0 aliphatic rings. The Hall–Kier alpha value is -2.36. The third-order valence-electron chi connectivity index (χ3n) is 4.49. The van der Waals surface area contributed by atoms with Gasteiger partial charge in [0.25, 0.3) is 0 Å². The topological polar surface area (TPSA) is 76.1 Å². The van der Waals surface area contributed by atoms with Gasteiger partial charge in [-0.3, -0.25) is 0 Å². The Morgan fingerprint density at radius 2 is 1.04 bits per heavy atom. The van der Waals surface area contributed by atoms with Crippen LogP contribution in [0, 0.1) is 13.8 Å². The minimum atomic E-state index is 0.825. The fourth-order valence-corrected chi connectivity index (χ4v) is 3.00. The van der Waals surface area contributed by atoms with Crippen LogP contribution in [0.2, 0.25) is 0 Å². The van der Waals surface area contributed by atoms with E-state index in [1.807, 2.05) is 24.3 Å². The first-order chi connectivity index (χ1) is 12.1. The van der Waals surface area contributed by atoms with Crippen molar-refractivity contribution in [3.05, 3.63) is 47.5 Å². The van der Waals surface area contributed by atoms with E-state index in [4.69, 9.17) is 11.5 Å².